The molecule has 3 rings (SSSR count). The van der Waals surface area contributed by atoms with Crippen LogP contribution in [-0.4, -0.2) is 42.7 Å². The van der Waals surface area contributed by atoms with Gasteiger partial charge in [-0.3, -0.25) is 9.59 Å². The average molecular weight is 346 g/mol. The van der Waals surface area contributed by atoms with E-state index in [2.05, 4.69) is 10.3 Å². The Hall–Kier alpha value is -2.70. The van der Waals surface area contributed by atoms with Crippen LogP contribution in [0.5, 0.6) is 11.5 Å². The molecule has 7 nitrogen and oxygen atoms in total. The largest absolute Gasteiger partial charge is 0.497 e. The van der Waals surface area contributed by atoms with E-state index in [1.165, 1.54) is 0 Å². The highest BCUT2D eigenvalue weighted by Gasteiger charge is 2.56. The number of aromatic amines is 1. The molecule has 1 heterocycles. The lowest BCUT2D eigenvalue weighted by Gasteiger charge is -2.10. The van der Waals surface area contributed by atoms with Crippen molar-refractivity contribution in [3.8, 4) is 11.5 Å². The first kappa shape index (κ1) is 17.1. The summed E-state index contributed by atoms with van der Waals surface area (Å²) < 4.78 is 10.7. The second-order valence-corrected chi connectivity index (χ2v) is 6.33. The Labute approximate surface area is 145 Å². The Bertz CT molecular complexity index is 807. The third-order valence-corrected chi connectivity index (χ3v) is 4.69. The summed E-state index contributed by atoms with van der Waals surface area (Å²) in [5.41, 5.74) is 0.776. The zero-order valence-electron chi connectivity index (χ0n) is 14.3. The molecule has 1 aromatic heterocycles. The van der Waals surface area contributed by atoms with Crippen LogP contribution in [0.4, 0.5) is 0 Å². The predicted octanol–water partition coefficient (Wildman–Crippen LogP) is 2.10. The first-order valence-corrected chi connectivity index (χ1v) is 8.25. The summed E-state index contributed by atoms with van der Waals surface area (Å²) >= 11 is 0. The SMILES string of the molecule is COc1cc(OC)c2cc(CCCNC(=O)C3(C(=O)O)CC3)[nH]c2c1. The van der Waals surface area contributed by atoms with Crippen molar-refractivity contribution < 1.29 is 24.2 Å². The molecule has 1 fully saturated rings. The Kier molecular flexibility index (Phi) is 4.57. The highest BCUT2D eigenvalue weighted by molar-refractivity contribution is 6.04. The fraction of sp³-hybridized carbons (Fsp3) is 0.444. The number of methoxy groups -OCH3 is 2. The maximum Gasteiger partial charge on any atom is 0.319 e. The van der Waals surface area contributed by atoms with E-state index in [-0.39, 0.29) is 5.91 Å². The number of carbonyl (C=O) groups excluding carboxylic acids is 1. The standard InChI is InChI=1S/C18H22N2O5/c1-24-12-9-14-13(15(10-12)25-2)8-11(20-14)4-3-7-19-16(21)18(5-6-18)17(22)23/h8-10,20H,3-7H2,1-2H3,(H,19,21)(H,22,23). The van der Waals surface area contributed by atoms with E-state index in [9.17, 15) is 9.59 Å². The normalized spacial score (nSPS) is 15.0. The summed E-state index contributed by atoms with van der Waals surface area (Å²) in [7, 11) is 3.23. The third-order valence-electron chi connectivity index (χ3n) is 4.69. The molecule has 0 unspecified atom stereocenters. The predicted molar refractivity (Wildman–Crippen MR) is 92.0 cm³/mol. The fourth-order valence-corrected chi connectivity index (χ4v) is 2.97. The van der Waals surface area contributed by atoms with Crippen LogP contribution in [0.2, 0.25) is 0 Å². The van der Waals surface area contributed by atoms with E-state index in [1.807, 2.05) is 18.2 Å². The van der Waals surface area contributed by atoms with Gasteiger partial charge in [-0.2, -0.15) is 0 Å². The Morgan fingerprint density at radius 1 is 1.24 bits per heavy atom. The van der Waals surface area contributed by atoms with Crippen LogP contribution in [0.1, 0.15) is 25.0 Å². The van der Waals surface area contributed by atoms with Crippen molar-refractivity contribution >= 4 is 22.8 Å². The van der Waals surface area contributed by atoms with Crippen molar-refractivity contribution in [3.05, 3.63) is 23.9 Å². The van der Waals surface area contributed by atoms with Gasteiger partial charge in [0.05, 0.1) is 19.7 Å². The lowest BCUT2D eigenvalue weighted by Crippen LogP contribution is -2.37. The molecule has 0 bridgehead atoms. The molecule has 2 aromatic rings. The van der Waals surface area contributed by atoms with Gasteiger partial charge in [0.15, 0.2) is 0 Å². The third kappa shape index (κ3) is 3.26. The molecule has 3 N–H and O–H groups in total. The molecule has 1 saturated carbocycles. The van der Waals surface area contributed by atoms with Crippen molar-refractivity contribution in [2.24, 2.45) is 5.41 Å². The molecule has 0 spiro atoms. The zero-order valence-corrected chi connectivity index (χ0v) is 14.3. The van der Waals surface area contributed by atoms with Gasteiger partial charge in [0.25, 0.3) is 0 Å². The number of carbonyl (C=O) groups is 2. The number of hydrogen-bond acceptors (Lipinski definition) is 4. The number of fused-ring (bicyclic) bond motifs is 1. The van der Waals surface area contributed by atoms with Crippen LogP contribution in [0, 0.1) is 5.41 Å². The van der Waals surface area contributed by atoms with Gasteiger partial charge in [-0.1, -0.05) is 0 Å². The highest BCUT2D eigenvalue weighted by atomic mass is 16.5. The number of hydrogen-bond donors (Lipinski definition) is 3. The molecule has 134 valence electrons. The maximum atomic E-state index is 11.9. The highest BCUT2D eigenvalue weighted by Crippen LogP contribution is 2.46. The minimum atomic E-state index is -1.18. The summed E-state index contributed by atoms with van der Waals surface area (Å²) in [4.78, 5) is 26.4. The Morgan fingerprint density at radius 3 is 2.60 bits per heavy atom. The number of aromatic nitrogens is 1. The molecule has 1 aliphatic rings. The van der Waals surface area contributed by atoms with E-state index >= 15 is 0 Å². The average Bonchev–Trinajstić information content (AvgIpc) is 3.32. The second-order valence-electron chi connectivity index (χ2n) is 6.33. The lowest BCUT2D eigenvalue weighted by molar-refractivity contribution is -0.149. The number of aryl methyl sites for hydroxylation is 1. The van der Waals surface area contributed by atoms with Crippen molar-refractivity contribution in [1.82, 2.24) is 10.3 Å². The number of rotatable bonds is 8. The molecule has 25 heavy (non-hydrogen) atoms. The van der Waals surface area contributed by atoms with E-state index in [1.54, 1.807) is 14.2 Å². The number of ether oxygens (including phenoxy) is 2. The molecular weight excluding hydrogens is 324 g/mol. The van der Waals surface area contributed by atoms with Crippen LogP contribution in [0.25, 0.3) is 10.9 Å². The number of carboxylic acids is 1. The van der Waals surface area contributed by atoms with Crippen LogP contribution >= 0.6 is 0 Å². The quantitative estimate of drug-likeness (QED) is 0.502. The Morgan fingerprint density at radius 2 is 2.00 bits per heavy atom. The Balaban J connectivity index is 1.58. The van der Waals surface area contributed by atoms with Crippen LogP contribution in [0.3, 0.4) is 0 Å². The van der Waals surface area contributed by atoms with Crippen molar-refractivity contribution in [2.75, 3.05) is 20.8 Å². The van der Waals surface area contributed by atoms with Gasteiger partial charge in [-0.05, 0) is 31.7 Å². The summed E-state index contributed by atoms with van der Waals surface area (Å²) in [6.45, 7) is 0.448. The lowest BCUT2D eigenvalue weighted by atomic mass is 10.1. The molecule has 1 aromatic carbocycles. The van der Waals surface area contributed by atoms with Crippen molar-refractivity contribution in [2.45, 2.75) is 25.7 Å². The molecule has 1 aliphatic carbocycles. The number of aliphatic carboxylic acids is 1. The van der Waals surface area contributed by atoms with E-state index in [0.29, 0.717) is 31.6 Å². The number of benzene rings is 1. The molecule has 0 saturated heterocycles. The van der Waals surface area contributed by atoms with Crippen LogP contribution in [0.15, 0.2) is 18.2 Å². The monoisotopic (exact) mass is 346 g/mol. The minimum Gasteiger partial charge on any atom is -0.497 e. The van der Waals surface area contributed by atoms with Gasteiger partial charge in [0.2, 0.25) is 5.91 Å². The summed E-state index contributed by atoms with van der Waals surface area (Å²) in [5, 5.41) is 12.8. The summed E-state index contributed by atoms with van der Waals surface area (Å²) in [6.07, 6.45) is 2.31. The first-order valence-electron chi connectivity index (χ1n) is 8.25. The summed E-state index contributed by atoms with van der Waals surface area (Å²) in [6, 6.07) is 5.77. The summed E-state index contributed by atoms with van der Waals surface area (Å²) in [5.74, 6) is 0.0559. The molecule has 0 atom stereocenters. The van der Waals surface area contributed by atoms with E-state index < -0.39 is 11.4 Å². The number of nitrogens with one attached hydrogen (secondary N) is 2. The number of amides is 1. The topological polar surface area (TPSA) is 101 Å². The van der Waals surface area contributed by atoms with Gasteiger partial charge < -0.3 is 24.9 Å². The van der Waals surface area contributed by atoms with Crippen molar-refractivity contribution in [1.29, 1.82) is 0 Å². The number of carboxylic acid groups (broad SMARTS) is 1. The molecule has 7 heteroatoms. The fourth-order valence-electron chi connectivity index (χ4n) is 2.97. The van der Waals surface area contributed by atoms with Gasteiger partial charge >= 0.3 is 5.97 Å². The van der Waals surface area contributed by atoms with Gasteiger partial charge in [0.1, 0.15) is 16.9 Å². The van der Waals surface area contributed by atoms with Crippen LogP contribution < -0.4 is 14.8 Å². The van der Waals surface area contributed by atoms with Crippen LogP contribution in [-0.2, 0) is 16.0 Å². The first-order chi connectivity index (χ1) is 12.0. The van der Waals surface area contributed by atoms with E-state index in [0.717, 1.165) is 28.8 Å². The number of H-pyrrole nitrogens is 1. The molecule has 0 aliphatic heterocycles. The minimum absolute atomic E-state index is 0.372. The van der Waals surface area contributed by atoms with Crippen molar-refractivity contribution in [3.63, 3.8) is 0 Å². The molecule has 1 amide bonds. The maximum absolute atomic E-state index is 11.9. The van der Waals surface area contributed by atoms with E-state index in [4.69, 9.17) is 14.6 Å². The molecule has 0 radical (unpaired) electrons. The van der Waals surface area contributed by atoms with Gasteiger partial charge in [0, 0.05) is 29.8 Å². The van der Waals surface area contributed by atoms with Gasteiger partial charge in [-0.25, -0.2) is 0 Å². The van der Waals surface area contributed by atoms with Gasteiger partial charge in [-0.15, -0.1) is 0 Å². The molecular formula is C18H22N2O5. The zero-order chi connectivity index (χ0) is 18.0. The second kappa shape index (κ2) is 6.66. The smallest absolute Gasteiger partial charge is 0.319 e.